The molecule has 2 fully saturated rings. The first kappa shape index (κ1) is 17.5. The fourth-order valence-corrected chi connectivity index (χ4v) is 5.46. The molecular weight excluding hydrogens is 350 g/mol. The van der Waals surface area contributed by atoms with Gasteiger partial charge in [-0.3, -0.25) is 4.79 Å². The summed E-state index contributed by atoms with van der Waals surface area (Å²) in [6.07, 6.45) is 7.34. The fraction of sp³-hybridized carbons (Fsp3) is 0.579. The molecule has 0 aromatic heterocycles. The van der Waals surface area contributed by atoms with Gasteiger partial charge in [-0.1, -0.05) is 31.4 Å². The molecule has 1 aromatic rings. The van der Waals surface area contributed by atoms with Crippen molar-refractivity contribution in [2.45, 2.75) is 55.9 Å². The van der Waals surface area contributed by atoms with Gasteiger partial charge in [0.25, 0.3) is 10.0 Å². The van der Waals surface area contributed by atoms with Crippen LogP contribution in [0.5, 0.6) is 0 Å². The van der Waals surface area contributed by atoms with Gasteiger partial charge in [0, 0.05) is 30.6 Å². The Bertz CT molecular complexity index is 820. The summed E-state index contributed by atoms with van der Waals surface area (Å²) in [6.45, 7) is 1.32. The third-order valence-electron chi connectivity index (χ3n) is 5.73. The third kappa shape index (κ3) is 3.37. The largest absolute Gasteiger partial charge is 0.355 e. The monoisotopic (exact) mass is 375 g/mol. The number of carbonyl (C=O) groups excluding carboxylic acids is 1. The van der Waals surface area contributed by atoms with Gasteiger partial charge in [-0.05, 0) is 37.8 Å². The van der Waals surface area contributed by atoms with Gasteiger partial charge in [-0.25, -0.2) is 0 Å². The van der Waals surface area contributed by atoms with E-state index in [1.165, 1.54) is 19.3 Å². The number of amides is 1. The maximum atomic E-state index is 12.5. The highest BCUT2D eigenvalue weighted by Crippen LogP contribution is 2.30. The van der Waals surface area contributed by atoms with Crippen molar-refractivity contribution >= 4 is 21.8 Å². The van der Waals surface area contributed by atoms with E-state index in [0.29, 0.717) is 30.5 Å². The van der Waals surface area contributed by atoms with E-state index in [4.69, 9.17) is 0 Å². The van der Waals surface area contributed by atoms with Crippen LogP contribution in [0.4, 0.5) is 0 Å². The lowest BCUT2D eigenvalue weighted by Crippen LogP contribution is -2.45. The summed E-state index contributed by atoms with van der Waals surface area (Å²) in [5.41, 5.74) is 0.678. The molecule has 26 heavy (non-hydrogen) atoms. The van der Waals surface area contributed by atoms with Gasteiger partial charge < -0.3 is 10.2 Å². The van der Waals surface area contributed by atoms with Gasteiger partial charge >= 0.3 is 0 Å². The molecule has 0 bridgehead atoms. The Hall–Kier alpha value is -1.89. The number of sulfonamides is 1. The van der Waals surface area contributed by atoms with E-state index >= 15 is 0 Å². The van der Waals surface area contributed by atoms with Crippen LogP contribution < -0.4 is 5.32 Å². The van der Waals surface area contributed by atoms with Gasteiger partial charge in [-0.2, -0.15) is 8.42 Å². The Morgan fingerprint density at radius 3 is 2.46 bits per heavy atom. The number of nitrogens with zero attached hydrogens (tertiary/aromatic N) is 2. The molecule has 7 heteroatoms. The Kier molecular flexibility index (Phi) is 4.73. The highest BCUT2D eigenvalue weighted by Gasteiger charge is 2.34. The van der Waals surface area contributed by atoms with Crippen LogP contribution in [-0.4, -0.2) is 44.2 Å². The second kappa shape index (κ2) is 7.02. The van der Waals surface area contributed by atoms with Crippen molar-refractivity contribution in [1.82, 2.24) is 10.2 Å². The molecule has 1 aliphatic carbocycles. The molecular formula is C19H25N3O3S. The number of hydrogen-bond acceptors (Lipinski definition) is 4. The first-order valence-corrected chi connectivity index (χ1v) is 11.0. The molecule has 140 valence electrons. The Morgan fingerprint density at radius 1 is 1.04 bits per heavy atom. The van der Waals surface area contributed by atoms with Crippen LogP contribution in [0.3, 0.4) is 0 Å². The van der Waals surface area contributed by atoms with Crippen molar-refractivity contribution in [3.05, 3.63) is 29.8 Å². The standard InChI is InChI=1S/C19H25N3O3S/c23-19(20-15-6-2-1-3-7-15)14-10-12-22(13-11-14)18-16-8-4-5-9-17(16)26(24,25)21-18/h4-5,8-9,14-15H,1-3,6-7,10-13H2,(H,20,23). The zero-order chi connectivity index (χ0) is 18.1. The average molecular weight is 375 g/mol. The molecule has 0 atom stereocenters. The number of hydrogen-bond donors (Lipinski definition) is 1. The quantitative estimate of drug-likeness (QED) is 0.860. The van der Waals surface area contributed by atoms with Crippen LogP contribution in [0.1, 0.15) is 50.5 Å². The summed E-state index contributed by atoms with van der Waals surface area (Å²) in [5, 5.41) is 3.22. The Labute approximate surface area is 154 Å². The molecule has 1 saturated carbocycles. The van der Waals surface area contributed by atoms with E-state index in [0.717, 1.165) is 25.7 Å². The molecule has 2 heterocycles. The average Bonchev–Trinajstić information content (AvgIpc) is 2.94. The molecule has 1 N–H and O–H groups in total. The molecule has 0 radical (unpaired) electrons. The SMILES string of the molecule is O=C(NC1CCCCC1)C1CCN(C2=NS(=O)(=O)c3ccccc32)CC1. The number of likely N-dealkylation sites (tertiary alicyclic amines) is 1. The number of amidine groups is 1. The zero-order valence-electron chi connectivity index (χ0n) is 14.9. The normalized spacial score (nSPS) is 23.4. The highest BCUT2D eigenvalue weighted by atomic mass is 32.2. The Balaban J connectivity index is 1.39. The van der Waals surface area contributed by atoms with Crippen LogP contribution in [0, 0.1) is 5.92 Å². The van der Waals surface area contributed by atoms with Gasteiger partial charge in [0.2, 0.25) is 5.91 Å². The summed E-state index contributed by atoms with van der Waals surface area (Å²) in [4.78, 5) is 14.8. The lowest BCUT2D eigenvalue weighted by molar-refractivity contribution is -0.127. The topological polar surface area (TPSA) is 78.8 Å². The van der Waals surface area contributed by atoms with Crippen LogP contribution in [-0.2, 0) is 14.8 Å². The van der Waals surface area contributed by atoms with Gasteiger partial charge in [-0.15, -0.1) is 4.40 Å². The number of nitrogens with one attached hydrogen (secondary N) is 1. The van der Waals surface area contributed by atoms with Crippen molar-refractivity contribution < 1.29 is 13.2 Å². The summed E-state index contributed by atoms with van der Waals surface area (Å²) in [6, 6.07) is 7.30. The second-order valence-corrected chi connectivity index (χ2v) is 9.06. The maximum Gasteiger partial charge on any atom is 0.285 e. The van der Waals surface area contributed by atoms with Crippen LogP contribution in [0.2, 0.25) is 0 Å². The van der Waals surface area contributed by atoms with Crippen LogP contribution in [0.25, 0.3) is 0 Å². The van der Waals surface area contributed by atoms with Crippen molar-refractivity contribution in [3.63, 3.8) is 0 Å². The smallest absolute Gasteiger partial charge is 0.285 e. The van der Waals surface area contributed by atoms with Crippen molar-refractivity contribution in [3.8, 4) is 0 Å². The number of benzene rings is 1. The maximum absolute atomic E-state index is 12.5. The summed E-state index contributed by atoms with van der Waals surface area (Å²) >= 11 is 0. The summed E-state index contributed by atoms with van der Waals surface area (Å²) in [7, 11) is -3.59. The Morgan fingerprint density at radius 2 is 1.73 bits per heavy atom. The number of carbonyl (C=O) groups is 1. The van der Waals surface area contributed by atoms with Crippen LogP contribution >= 0.6 is 0 Å². The third-order valence-corrected chi connectivity index (χ3v) is 7.05. The van der Waals surface area contributed by atoms with Gasteiger partial charge in [0.1, 0.15) is 4.90 Å². The lowest BCUT2D eigenvalue weighted by atomic mass is 9.92. The molecule has 6 nitrogen and oxygen atoms in total. The summed E-state index contributed by atoms with van der Waals surface area (Å²) < 4.78 is 28.4. The number of piperidine rings is 1. The van der Waals surface area contributed by atoms with Gasteiger partial charge in [0.15, 0.2) is 5.84 Å². The minimum atomic E-state index is -3.59. The lowest BCUT2D eigenvalue weighted by Gasteiger charge is -2.33. The van der Waals surface area contributed by atoms with E-state index in [1.54, 1.807) is 18.2 Å². The first-order chi connectivity index (χ1) is 12.5. The minimum absolute atomic E-state index is 0.0158. The van der Waals surface area contributed by atoms with E-state index < -0.39 is 10.0 Å². The molecule has 1 aromatic carbocycles. The highest BCUT2D eigenvalue weighted by molar-refractivity contribution is 7.90. The molecule has 0 spiro atoms. The van der Waals surface area contributed by atoms with E-state index in [9.17, 15) is 13.2 Å². The molecule has 3 aliphatic rings. The zero-order valence-corrected chi connectivity index (χ0v) is 15.7. The van der Waals surface area contributed by atoms with Crippen LogP contribution in [0.15, 0.2) is 33.6 Å². The van der Waals surface area contributed by atoms with E-state index in [-0.39, 0.29) is 16.7 Å². The van der Waals surface area contributed by atoms with E-state index in [2.05, 4.69) is 9.71 Å². The predicted octanol–water partition coefficient (Wildman–Crippen LogP) is 2.30. The number of fused-ring (bicyclic) bond motifs is 1. The first-order valence-electron chi connectivity index (χ1n) is 9.54. The predicted molar refractivity (Wildman–Crippen MR) is 99.5 cm³/mol. The van der Waals surface area contributed by atoms with Crippen molar-refractivity contribution in [2.24, 2.45) is 10.3 Å². The molecule has 1 amide bonds. The minimum Gasteiger partial charge on any atom is -0.355 e. The van der Waals surface area contributed by atoms with Gasteiger partial charge in [0.05, 0.1) is 0 Å². The number of rotatable bonds is 2. The van der Waals surface area contributed by atoms with Crippen molar-refractivity contribution in [1.29, 1.82) is 0 Å². The fourth-order valence-electron chi connectivity index (χ4n) is 4.24. The molecule has 2 aliphatic heterocycles. The van der Waals surface area contributed by atoms with Crippen molar-refractivity contribution in [2.75, 3.05) is 13.1 Å². The summed E-state index contributed by atoms with van der Waals surface area (Å²) in [5.74, 6) is 0.715. The molecule has 4 rings (SSSR count). The molecule has 0 unspecified atom stereocenters. The van der Waals surface area contributed by atoms with E-state index in [1.807, 2.05) is 11.0 Å². The second-order valence-electron chi connectivity index (χ2n) is 7.49. The molecule has 1 saturated heterocycles.